The van der Waals surface area contributed by atoms with Gasteiger partial charge in [-0.05, 0) is 27.7 Å². The maximum Gasteiger partial charge on any atom is 0.120 e. The molecule has 0 fully saturated rings. The van der Waals surface area contributed by atoms with Gasteiger partial charge in [0, 0.05) is 0 Å². The summed E-state index contributed by atoms with van der Waals surface area (Å²) in [6, 6.07) is 1.66. The van der Waals surface area contributed by atoms with Crippen molar-refractivity contribution in [2.45, 2.75) is 46.2 Å². The molecule has 0 saturated heterocycles. The maximum atomic E-state index is 12.0. The Labute approximate surface area is 79.8 Å². The zero-order chi connectivity index (χ0) is 10.5. The summed E-state index contributed by atoms with van der Waals surface area (Å²) >= 11 is 0. The Morgan fingerprint density at radius 1 is 1.31 bits per heavy atom. The van der Waals surface area contributed by atoms with E-state index in [1.807, 2.05) is 33.8 Å². The molecule has 0 saturated carbocycles. The molecule has 0 spiro atoms. The van der Waals surface area contributed by atoms with E-state index < -0.39 is 4.81 Å². The minimum absolute atomic E-state index is 0.140. The van der Waals surface area contributed by atoms with E-state index in [0.717, 1.165) is 0 Å². The van der Waals surface area contributed by atoms with Crippen molar-refractivity contribution in [3.63, 3.8) is 0 Å². The molecule has 0 rings (SSSR count). The fourth-order valence-electron chi connectivity index (χ4n) is 1.13. The van der Waals surface area contributed by atoms with Gasteiger partial charge in [0.05, 0.1) is 12.5 Å². The second kappa shape index (κ2) is 5.18. The molecule has 4 nitrogen and oxygen atoms in total. The minimum Gasteiger partial charge on any atom is -0.598 e. The minimum atomic E-state index is -0.679. The van der Waals surface area contributed by atoms with Gasteiger partial charge in [0.1, 0.15) is 18.7 Å². The molecule has 0 radical (unpaired) electrons. The van der Waals surface area contributed by atoms with Gasteiger partial charge in [-0.3, -0.25) is 0 Å². The molecule has 0 atom stereocenters. The highest BCUT2D eigenvalue weighted by molar-refractivity contribution is 4.66. The number of nitriles is 1. The average molecular weight is 186 g/mol. The molecule has 0 aromatic heterocycles. The zero-order valence-corrected chi connectivity index (χ0v) is 8.78. The summed E-state index contributed by atoms with van der Waals surface area (Å²) in [4.78, 5) is 4.47. The number of hydrogen-bond acceptors (Lipinski definition) is 3. The molecule has 0 unspecified atom stereocenters. The van der Waals surface area contributed by atoms with Gasteiger partial charge >= 0.3 is 0 Å². The predicted molar refractivity (Wildman–Crippen MR) is 50.1 cm³/mol. The Bertz CT molecular complexity index is 177. The second-order valence-electron chi connectivity index (χ2n) is 3.57. The van der Waals surface area contributed by atoms with Crippen molar-refractivity contribution >= 4 is 0 Å². The largest absolute Gasteiger partial charge is 0.598 e. The number of nitrogens with zero attached hydrogens (tertiary/aromatic N) is 2. The van der Waals surface area contributed by atoms with E-state index in [1.165, 1.54) is 0 Å². The summed E-state index contributed by atoms with van der Waals surface area (Å²) in [5.41, 5.74) is 0. The second-order valence-corrected chi connectivity index (χ2v) is 3.57. The van der Waals surface area contributed by atoms with Gasteiger partial charge in [-0.2, -0.15) is 5.26 Å². The zero-order valence-electron chi connectivity index (χ0n) is 8.78. The van der Waals surface area contributed by atoms with E-state index in [-0.39, 0.29) is 25.1 Å². The molecular formula is C9H18N2O2. The predicted octanol–water partition coefficient (Wildman–Crippen LogP) is 1.96. The van der Waals surface area contributed by atoms with Crippen LogP contribution in [-0.2, 0) is 4.84 Å². The Kier molecular flexibility index (Phi) is 4.92. The lowest BCUT2D eigenvalue weighted by molar-refractivity contribution is -1.10. The van der Waals surface area contributed by atoms with Gasteiger partial charge in [-0.1, -0.05) is 0 Å². The third-order valence-electron chi connectivity index (χ3n) is 1.95. The standard InChI is InChI=1S/C9H18N2O2/c1-8(2)11(12,9(3)4)13-7-5-6-10/h8-9H,5,7H2,1-4H3. The highest BCUT2D eigenvalue weighted by Crippen LogP contribution is 2.18. The lowest BCUT2D eigenvalue weighted by Crippen LogP contribution is -2.52. The summed E-state index contributed by atoms with van der Waals surface area (Å²) in [6.45, 7) is 7.48. The Morgan fingerprint density at radius 3 is 2.08 bits per heavy atom. The highest BCUT2D eigenvalue weighted by Gasteiger charge is 2.27. The molecule has 0 heterocycles. The molecule has 76 valence electrons. The van der Waals surface area contributed by atoms with Crippen molar-refractivity contribution in [1.82, 2.24) is 0 Å². The van der Waals surface area contributed by atoms with Crippen molar-refractivity contribution in [2.75, 3.05) is 6.61 Å². The van der Waals surface area contributed by atoms with Gasteiger partial charge in [0.2, 0.25) is 0 Å². The lowest BCUT2D eigenvalue weighted by Gasteiger charge is -2.45. The van der Waals surface area contributed by atoms with E-state index in [1.54, 1.807) is 0 Å². The van der Waals surface area contributed by atoms with Crippen LogP contribution in [0.5, 0.6) is 0 Å². The topological polar surface area (TPSA) is 56.1 Å². The third-order valence-corrected chi connectivity index (χ3v) is 1.95. The fraction of sp³-hybridized carbons (Fsp3) is 0.889. The van der Waals surface area contributed by atoms with Crippen molar-refractivity contribution < 1.29 is 9.65 Å². The molecule has 0 aliphatic carbocycles. The van der Waals surface area contributed by atoms with Crippen LogP contribution in [0.4, 0.5) is 0 Å². The van der Waals surface area contributed by atoms with Crippen LogP contribution < -0.4 is 0 Å². The van der Waals surface area contributed by atoms with Crippen molar-refractivity contribution in [3.05, 3.63) is 5.21 Å². The van der Waals surface area contributed by atoms with E-state index in [2.05, 4.69) is 0 Å². The van der Waals surface area contributed by atoms with Crippen LogP contribution in [0.2, 0.25) is 0 Å². The molecule has 0 aromatic carbocycles. The summed E-state index contributed by atoms with van der Waals surface area (Å²) in [6.07, 6.45) is 0.266. The van der Waals surface area contributed by atoms with Crippen molar-refractivity contribution in [2.24, 2.45) is 0 Å². The smallest absolute Gasteiger partial charge is 0.120 e. The van der Waals surface area contributed by atoms with Crippen molar-refractivity contribution in [1.29, 1.82) is 5.26 Å². The first kappa shape index (κ1) is 12.4. The summed E-state index contributed by atoms with van der Waals surface area (Å²) < 4.78 is 0. The first-order valence-electron chi connectivity index (χ1n) is 4.56. The summed E-state index contributed by atoms with van der Waals surface area (Å²) in [7, 11) is 0. The number of hydroxylamine groups is 4. The Balaban J connectivity index is 4.19. The lowest BCUT2D eigenvalue weighted by atomic mass is 10.3. The molecule has 4 heteroatoms. The van der Waals surface area contributed by atoms with Gasteiger partial charge in [-0.25, -0.2) is 9.65 Å². The molecule has 0 N–H and O–H groups in total. The number of hydrogen-bond donors (Lipinski definition) is 0. The van der Waals surface area contributed by atoms with Crippen LogP contribution in [0.25, 0.3) is 0 Å². The molecule has 0 aliphatic rings. The Hall–Kier alpha value is -0.630. The normalized spacial score (nSPS) is 12.2. The van der Waals surface area contributed by atoms with Crippen LogP contribution in [-0.4, -0.2) is 23.5 Å². The molecule has 0 aromatic rings. The van der Waals surface area contributed by atoms with E-state index in [4.69, 9.17) is 10.1 Å². The van der Waals surface area contributed by atoms with Crippen molar-refractivity contribution in [3.8, 4) is 6.07 Å². The molecule has 0 bridgehead atoms. The molecule has 0 aliphatic heterocycles. The van der Waals surface area contributed by atoms with Crippen LogP contribution in [0.1, 0.15) is 34.1 Å². The summed E-state index contributed by atoms with van der Waals surface area (Å²) in [5.74, 6) is 0. The van der Waals surface area contributed by atoms with Gasteiger partial charge in [-0.15, -0.1) is 0 Å². The monoisotopic (exact) mass is 186 g/mol. The highest BCUT2D eigenvalue weighted by atomic mass is 16.9. The first-order valence-corrected chi connectivity index (χ1v) is 4.56. The van der Waals surface area contributed by atoms with E-state index in [0.29, 0.717) is 0 Å². The van der Waals surface area contributed by atoms with Crippen LogP contribution in [0.3, 0.4) is 0 Å². The van der Waals surface area contributed by atoms with Gasteiger partial charge in [0.15, 0.2) is 0 Å². The number of quaternary nitrogens is 1. The molecule has 0 amide bonds. The van der Waals surface area contributed by atoms with E-state index in [9.17, 15) is 5.21 Å². The maximum absolute atomic E-state index is 12.0. The van der Waals surface area contributed by atoms with Crippen LogP contribution >= 0.6 is 0 Å². The van der Waals surface area contributed by atoms with Gasteiger partial charge in [0.25, 0.3) is 0 Å². The Morgan fingerprint density at radius 2 is 1.77 bits per heavy atom. The average Bonchev–Trinajstić information content (AvgIpc) is 2.03. The van der Waals surface area contributed by atoms with Gasteiger partial charge < -0.3 is 5.21 Å². The molecule has 13 heavy (non-hydrogen) atoms. The third kappa shape index (κ3) is 3.31. The first-order chi connectivity index (χ1) is 5.95. The van der Waals surface area contributed by atoms with Crippen LogP contribution in [0, 0.1) is 16.5 Å². The number of rotatable bonds is 5. The summed E-state index contributed by atoms with van der Waals surface area (Å²) in [5, 5.41) is 20.3. The molecular weight excluding hydrogens is 168 g/mol. The SMILES string of the molecule is CC(C)[N+]([O-])(OCCC#N)C(C)C. The van der Waals surface area contributed by atoms with Crippen LogP contribution in [0.15, 0.2) is 0 Å². The fourth-order valence-corrected chi connectivity index (χ4v) is 1.13. The van der Waals surface area contributed by atoms with E-state index >= 15 is 0 Å². The quantitative estimate of drug-likeness (QED) is 0.374.